The standard InChI is InChI=1S/C7H9F3O3/c1-2-6(12,7(8,9)10)3-4(11)5(3)13-2/h2-5,11-12H,1H3/t2-,3?,4+,5-,6-/m0/s1. The third-order valence-corrected chi connectivity index (χ3v) is 2.86. The molecule has 1 heterocycles. The van der Waals surface area contributed by atoms with E-state index in [2.05, 4.69) is 0 Å². The molecule has 76 valence electrons. The number of fused-ring (bicyclic) bond motifs is 1. The van der Waals surface area contributed by atoms with E-state index in [0.29, 0.717) is 0 Å². The predicted molar refractivity (Wildman–Crippen MR) is 34.8 cm³/mol. The fourth-order valence-corrected chi connectivity index (χ4v) is 1.97. The van der Waals surface area contributed by atoms with Crippen LogP contribution in [0.25, 0.3) is 0 Å². The summed E-state index contributed by atoms with van der Waals surface area (Å²) >= 11 is 0. The summed E-state index contributed by atoms with van der Waals surface area (Å²) in [5, 5.41) is 18.3. The van der Waals surface area contributed by atoms with E-state index in [1.165, 1.54) is 0 Å². The highest BCUT2D eigenvalue weighted by atomic mass is 19.4. The van der Waals surface area contributed by atoms with Crippen LogP contribution >= 0.6 is 0 Å². The minimum Gasteiger partial charge on any atom is -0.390 e. The summed E-state index contributed by atoms with van der Waals surface area (Å²) in [6.07, 6.45) is -8.07. The normalized spacial score (nSPS) is 54.9. The number of aliphatic hydroxyl groups excluding tert-OH is 1. The Balaban J connectivity index is 2.30. The first-order valence-electron chi connectivity index (χ1n) is 3.92. The molecule has 6 heteroatoms. The van der Waals surface area contributed by atoms with Crippen LogP contribution in [0.2, 0.25) is 0 Å². The molecular weight excluding hydrogens is 189 g/mol. The van der Waals surface area contributed by atoms with Crippen molar-refractivity contribution >= 4 is 0 Å². The maximum absolute atomic E-state index is 12.4. The van der Waals surface area contributed by atoms with Gasteiger partial charge in [-0.2, -0.15) is 13.2 Å². The molecule has 1 aliphatic carbocycles. The molecule has 2 N–H and O–H groups in total. The first-order valence-corrected chi connectivity index (χ1v) is 3.92. The summed E-state index contributed by atoms with van der Waals surface area (Å²) in [7, 11) is 0. The Morgan fingerprint density at radius 2 is 1.92 bits per heavy atom. The van der Waals surface area contributed by atoms with E-state index in [1.54, 1.807) is 0 Å². The molecule has 0 spiro atoms. The zero-order valence-corrected chi connectivity index (χ0v) is 6.75. The summed E-state index contributed by atoms with van der Waals surface area (Å²) in [6.45, 7) is 1.16. The molecule has 1 saturated heterocycles. The Bertz CT molecular complexity index is 242. The first-order chi connectivity index (χ1) is 5.80. The van der Waals surface area contributed by atoms with Gasteiger partial charge in [-0.05, 0) is 6.92 Å². The second kappa shape index (κ2) is 2.18. The van der Waals surface area contributed by atoms with Gasteiger partial charge in [0.15, 0.2) is 5.60 Å². The first kappa shape index (κ1) is 9.23. The van der Waals surface area contributed by atoms with Crippen molar-refractivity contribution in [3.63, 3.8) is 0 Å². The van der Waals surface area contributed by atoms with Crippen molar-refractivity contribution in [1.82, 2.24) is 0 Å². The number of hydrogen-bond acceptors (Lipinski definition) is 3. The maximum Gasteiger partial charge on any atom is 0.420 e. The lowest BCUT2D eigenvalue weighted by molar-refractivity contribution is -0.288. The fraction of sp³-hybridized carbons (Fsp3) is 1.00. The van der Waals surface area contributed by atoms with Gasteiger partial charge < -0.3 is 14.9 Å². The second-order valence-electron chi connectivity index (χ2n) is 3.58. The van der Waals surface area contributed by atoms with Gasteiger partial charge in [-0.15, -0.1) is 0 Å². The highest BCUT2D eigenvalue weighted by molar-refractivity contribution is 5.20. The Morgan fingerprint density at radius 1 is 1.38 bits per heavy atom. The van der Waals surface area contributed by atoms with Gasteiger partial charge in [-0.1, -0.05) is 0 Å². The highest BCUT2D eigenvalue weighted by Crippen LogP contribution is 2.58. The quantitative estimate of drug-likeness (QED) is 0.578. The van der Waals surface area contributed by atoms with Gasteiger partial charge in [0.1, 0.15) is 0 Å². The smallest absolute Gasteiger partial charge is 0.390 e. The van der Waals surface area contributed by atoms with Crippen LogP contribution < -0.4 is 0 Å². The minimum atomic E-state index is -4.75. The average Bonchev–Trinajstić information content (AvgIpc) is 2.46. The Morgan fingerprint density at radius 3 is 2.23 bits per heavy atom. The molecule has 3 nitrogen and oxygen atoms in total. The lowest BCUT2D eigenvalue weighted by Gasteiger charge is -2.31. The molecule has 2 aliphatic rings. The van der Waals surface area contributed by atoms with Crippen LogP contribution in [0.3, 0.4) is 0 Å². The Kier molecular flexibility index (Phi) is 1.55. The van der Waals surface area contributed by atoms with Crippen molar-refractivity contribution in [3.8, 4) is 0 Å². The number of alkyl halides is 3. The molecule has 2 fully saturated rings. The summed E-state index contributed by atoms with van der Waals surface area (Å²) in [5.41, 5.74) is -2.88. The van der Waals surface area contributed by atoms with Crippen LogP contribution in [0, 0.1) is 5.92 Å². The zero-order chi connectivity index (χ0) is 10.0. The van der Waals surface area contributed by atoms with Gasteiger partial charge in [-0.25, -0.2) is 0 Å². The predicted octanol–water partition coefficient (Wildman–Crippen LogP) is 0.0578. The number of aliphatic hydroxyl groups is 2. The number of rotatable bonds is 0. The fourth-order valence-electron chi connectivity index (χ4n) is 1.97. The molecule has 1 aliphatic heterocycles. The van der Waals surface area contributed by atoms with Gasteiger partial charge in [0.05, 0.1) is 24.2 Å². The van der Waals surface area contributed by atoms with Crippen molar-refractivity contribution in [2.75, 3.05) is 0 Å². The molecular formula is C7H9F3O3. The van der Waals surface area contributed by atoms with Crippen molar-refractivity contribution < 1.29 is 28.1 Å². The molecule has 0 aromatic rings. The summed E-state index contributed by atoms with van der Waals surface area (Å²) in [4.78, 5) is 0. The largest absolute Gasteiger partial charge is 0.420 e. The summed E-state index contributed by atoms with van der Waals surface area (Å²) < 4.78 is 42.0. The molecule has 0 aromatic carbocycles. The van der Waals surface area contributed by atoms with Gasteiger partial charge in [0.25, 0.3) is 0 Å². The monoisotopic (exact) mass is 198 g/mol. The lowest BCUT2D eigenvalue weighted by atomic mass is 9.92. The summed E-state index contributed by atoms with van der Waals surface area (Å²) in [5.74, 6) is -1.21. The highest BCUT2D eigenvalue weighted by Gasteiger charge is 2.79. The minimum absolute atomic E-state index is 0.846. The average molecular weight is 198 g/mol. The molecule has 0 amide bonds. The number of halogens is 3. The molecule has 0 radical (unpaired) electrons. The second-order valence-corrected chi connectivity index (χ2v) is 3.58. The van der Waals surface area contributed by atoms with E-state index in [-0.39, 0.29) is 0 Å². The van der Waals surface area contributed by atoms with Crippen LogP contribution in [0.4, 0.5) is 13.2 Å². The Labute approximate surface area is 72.1 Å². The Hall–Kier alpha value is -0.330. The van der Waals surface area contributed by atoms with Crippen LogP contribution in [0.15, 0.2) is 0 Å². The maximum atomic E-state index is 12.4. The van der Waals surface area contributed by atoms with E-state index in [9.17, 15) is 18.3 Å². The number of ether oxygens (including phenoxy) is 1. The van der Waals surface area contributed by atoms with Crippen LogP contribution in [-0.4, -0.2) is 40.3 Å². The SMILES string of the molecule is C[C@@H]1O[C@H]2C([C@H]2O)[C@]1(O)C(F)(F)F. The van der Waals surface area contributed by atoms with Crippen LogP contribution in [0.1, 0.15) is 6.92 Å². The van der Waals surface area contributed by atoms with Crippen LogP contribution in [-0.2, 0) is 4.74 Å². The van der Waals surface area contributed by atoms with E-state index in [1.807, 2.05) is 0 Å². The van der Waals surface area contributed by atoms with Crippen molar-refractivity contribution in [1.29, 1.82) is 0 Å². The third kappa shape index (κ3) is 0.908. The van der Waals surface area contributed by atoms with Crippen LogP contribution in [0.5, 0.6) is 0 Å². The van der Waals surface area contributed by atoms with E-state index in [4.69, 9.17) is 9.84 Å². The van der Waals surface area contributed by atoms with E-state index < -0.39 is 36.0 Å². The van der Waals surface area contributed by atoms with Gasteiger partial charge >= 0.3 is 6.18 Å². The van der Waals surface area contributed by atoms with Gasteiger partial charge in [-0.3, -0.25) is 0 Å². The van der Waals surface area contributed by atoms with Gasteiger partial charge in [0.2, 0.25) is 0 Å². The van der Waals surface area contributed by atoms with Crippen molar-refractivity contribution in [3.05, 3.63) is 0 Å². The molecule has 13 heavy (non-hydrogen) atoms. The zero-order valence-electron chi connectivity index (χ0n) is 6.75. The van der Waals surface area contributed by atoms with Crippen molar-refractivity contribution in [2.24, 2.45) is 5.92 Å². The van der Waals surface area contributed by atoms with E-state index in [0.717, 1.165) is 6.92 Å². The third-order valence-electron chi connectivity index (χ3n) is 2.86. The molecule has 1 saturated carbocycles. The summed E-state index contributed by atoms with van der Waals surface area (Å²) in [6, 6.07) is 0. The number of hydrogen-bond donors (Lipinski definition) is 2. The molecule has 2 rings (SSSR count). The topological polar surface area (TPSA) is 49.7 Å². The molecule has 0 aromatic heterocycles. The van der Waals surface area contributed by atoms with E-state index >= 15 is 0 Å². The lowest BCUT2D eigenvalue weighted by Crippen LogP contribution is -2.54. The molecule has 0 bridgehead atoms. The van der Waals surface area contributed by atoms with Gasteiger partial charge in [0, 0.05) is 0 Å². The van der Waals surface area contributed by atoms with Crippen molar-refractivity contribution in [2.45, 2.75) is 37.0 Å². The molecule has 1 unspecified atom stereocenters. The molecule has 5 atom stereocenters.